The molecule has 0 atom stereocenters. The fourth-order valence-electron chi connectivity index (χ4n) is 3.44. The van der Waals surface area contributed by atoms with Gasteiger partial charge in [0, 0.05) is 49.6 Å². The number of imidazole rings is 1. The Bertz CT molecular complexity index is 1130. The number of benzene rings is 1. The van der Waals surface area contributed by atoms with Gasteiger partial charge in [0.1, 0.15) is 35.9 Å². The van der Waals surface area contributed by atoms with E-state index in [1.54, 1.807) is 11.2 Å². The topological polar surface area (TPSA) is 67.2 Å². The molecular formula is C22H22F2N6O. The van der Waals surface area contributed by atoms with E-state index >= 15 is 0 Å². The molecule has 31 heavy (non-hydrogen) atoms. The van der Waals surface area contributed by atoms with Crippen LogP contribution < -0.4 is 4.90 Å². The third kappa shape index (κ3) is 4.45. The molecule has 1 aliphatic rings. The summed E-state index contributed by atoms with van der Waals surface area (Å²) in [6, 6.07) is 5.05. The second-order valence-corrected chi connectivity index (χ2v) is 7.33. The lowest BCUT2D eigenvalue weighted by Crippen LogP contribution is -2.48. The number of piperazine rings is 1. The Morgan fingerprint density at radius 2 is 1.74 bits per heavy atom. The zero-order chi connectivity index (χ0) is 22.0. The molecule has 0 saturated carbocycles. The monoisotopic (exact) mass is 424 g/mol. The van der Waals surface area contributed by atoms with Crippen LogP contribution in [-0.4, -0.2) is 56.5 Å². The number of rotatable bonds is 4. The first-order valence-electron chi connectivity index (χ1n) is 9.92. The van der Waals surface area contributed by atoms with Crippen molar-refractivity contribution in [1.29, 1.82) is 0 Å². The Morgan fingerprint density at radius 3 is 2.45 bits per heavy atom. The van der Waals surface area contributed by atoms with Gasteiger partial charge in [0.25, 0.3) is 0 Å². The molecule has 0 radical (unpaired) electrons. The SMILES string of the molecule is Cc1ncn(-c2cc(N3CCN(C(=O)/C=C/c4cc(F)ccc4F)CC3)ncn2)c1C. The van der Waals surface area contributed by atoms with Gasteiger partial charge in [-0.2, -0.15) is 0 Å². The average molecular weight is 424 g/mol. The van der Waals surface area contributed by atoms with Crippen molar-refractivity contribution in [2.24, 2.45) is 0 Å². The van der Waals surface area contributed by atoms with Crippen molar-refractivity contribution in [3.63, 3.8) is 0 Å². The van der Waals surface area contributed by atoms with Gasteiger partial charge in [0.2, 0.25) is 5.91 Å². The van der Waals surface area contributed by atoms with Gasteiger partial charge in [-0.15, -0.1) is 0 Å². The minimum absolute atomic E-state index is 0.0468. The normalized spacial score (nSPS) is 14.5. The van der Waals surface area contributed by atoms with Crippen LogP contribution in [0.25, 0.3) is 11.9 Å². The van der Waals surface area contributed by atoms with Crippen LogP contribution >= 0.6 is 0 Å². The van der Waals surface area contributed by atoms with E-state index in [1.807, 2.05) is 24.5 Å². The predicted octanol–water partition coefficient (Wildman–Crippen LogP) is 2.92. The second kappa shape index (κ2) is 8.63. The van der Waals surface area contributed by atoms with Crippen LogP contribution in [0.5, 0.6) is 0 Å². The molecule has 2 aromatic heterocycles. The number of anilines is 1. The van der Waals surface area contributed by atoms with Gasteiger partial charge in [-0.05, 0) is 38.1 Å². The Morgan fingerprint density at radius 1 is 1.00 bits per heavy atom. The van der Waals surface area contributed by atoms with Crippen molar-refractivity contribution < 1.29 is 13.6 Å². The highest BCUT2D eigenvalue weighted by Crippen LogP contribution is 2.18. The molecule has 1 fully saturated rings. The highest BCUT2D eigenvalue weighted by Gasteiger charge is 2.21. The van der Waals surface area contributed by atoms with E-state index in [0.717, 1.165) is 41.2 Å². The standard InChI is InChI=1S/C22H22F2N6O/c1-15-16(2)30(14-27-15)21-12-20(25-13-26-21)28-7-9-29(10-8-28)22(31)6-3-17-11-18(23)4-5-19(17)24/h3-6,11-14H,7-10H2,1-2H3/b6-3+. The number of hydrogen-bond donors (Lipinski definition) is 0. The molecule has 0 spiro atoms. The van der Waals surface area contributed by atoms with Crippen molar-refractivity contribution in [2.75, 3.05) is 31.1 Å². The van der Waals surface area contributed by atoms with Gasteiger partial charge >= 0.3 is 0 Å². The summed E-state index contributed by atoms with van der Waals surface area (Å²) in [5.74, 6) is 0.156. The highest BCUT2D eigenvalue weighted by atomic mass is 19.1. The fraction of sp³-hybridized carbons (Fsp3) is 0.273. The number of aromatic nitrogens is 4. The van der Waals surface area contributed by atoms with Crippen LogP contribution in [0, 0.1) is 25.5 Å². The van der Waals surface area contributed by atoms with Crippen LogP contribution in [0.15, 0.2) is 43.0 Å². The molecule has 3 heterocycles. The zero-order valence-electron chi connectivity index (χ0n) is 17.3. The van der Waals surface area contributed by atoms with E-state index in [9.17, 15) is 13.6 Å². The van der Waals surface area contributed by atoms with E-state index in [-0.39, 0.29) is 11.5 Å². The van der Waals surface area contributed by atoms with Gasteiger partial charge in [0.15, 0.2) is 0 Å². The highest BCUT2D eigenvalue weighted by molar-refractivity contribution is 5.92. The summed E-state index contributed by atoms with van der Waals surface area (Å²) >= 11 is 0. The van der Waals surface area contributed by atoms with Gasteiger partial charge in [-0.25, -0.2) is 23.7 Å². The van der Waals surface area contributed by atoms with E-state index in [1.165, 1.54) is 18.5 Å². The molecule has 3 aromatic rings. The maximum atomic E-state index is 13.7. The molecule has 1 aromatic carbocycles. The first kappa shape index (κ1) is 20.6. The molecule has 4 rings (SSSR count). The molecule has 7 nitrogen and oxygen atoms in total. The summed E-state index contributed by atoms with van der Waals surface area (Å²) in [7, 11) is 0. The average Bonchev–Trinajstić information content (AvgIpc) is 3.12. The largest absolute Gasteiger partial charge is 0.353 e. The smallest absolute Gasteiger partial charge is 0.246 e. The third-order valence-electron chi connectivity index (χ3n) is 5.42. The summed E-state index contributed by atoms with van der Waals surface area (Å²) in [6.45, 7) is 6.13. The lowest BCUT2D eigenvalue weighted by atomic mass is 10.2. The molecule has 160 valence electrons. The third-order valence-corrected chi connectivity index (χ3v) is 5.42. The molecule has 1 aliphatic heterocycles. The molecule has 1 saturated heterocycles. The van der Waals surface area contributed by atoms with Gasteiger partial charge in [-0.1, -0.05) is 0 Å². The van der Waals surface area contributed by atoms with Crippen molar-refractivity contribution in [3.8, 4) is 5.82 Å². The molecule has 0 N–H and O–H groups in total. The number of aryl methyl sites for hydroxylation is 1. The number of halogens is 2. The summed E-state index contributed by atoms with van der Waals surface area (Å²) in [6.07, 6.45) is 5.84. The van der Waals surface area contributed by atoms with Gasteiger partial charge < -0.3 is 9.80 Å². The predicted molar refractivity (Wildman–Crippen MR) is 113 cm³/mol. The lowest BCUT2D eigenvalue weighted by Gasteiger charge is -2.35. The van der Waals surface area contributed by atoms with Crippen molar-refractivity contribution in [3.05, 3.63) is 71.6 Å². The van der Waals surface area contributed by atoms with E-state index in [4.69, 9.17) is 0 Å². The minimum atomic E-state index is -0.571. The van der Waals surface area contributed by atoms with Crippen LogP contribution in [0.4, 0.5) is 14.6 Å². The summed E-state index contributed by atoms with van der Waals surface area (Å²) in [4.78, 5) is 29.2. The quantitative estimate of drug-likeness (QED) is 0.603. The molecule has 0 unspecified atom stereocenters. The minimum Gasteiger partial charge on any atom is -0.353 e. The first-order chi connectivity index (χ1) is 14.9. The Kier molecular flexibility index (Phi) is 5.75. The number of amides is 1. The Hall–Kier alpha value is -3.62. The molecule has 0 bridgehead atoms. The Balaban J connectivity index is 1.40. The van der Waals surface area contributed by atoms with Crippen LogP contribution in [-0.2, 0) is 4.79 Å². The zero-order valence-corrected chi connectivity index (χ0v) is 17.3. The number of carbonyl (C=O) groups is 1. The Labute approximate surface area is 178 Å². The number of nitrogens with zero attached hydrogens (tertiary/aromatic N) is 6. The fourth-order valence-corrected chi connectivity index (χ4v) is 3.44. The van der Waals surface area contributed by atoms with E-state index < -0.39 is 11.6 Å². The molecule has 1 amide bonds. The number of carbonyl (C=O) groups excluding carboxylic acids is 1. The van der Waals surface area contributed by atoms with Crippen molar-refractivity contribution in [2.45, 2.75) is 13.8 Å². The molecular weight excluding hydrogens is 402 g/mol. The van der Waals surface area contributed by atoms with Crippen LogP contribution in [0.1, 0.15) is 17.0 Å². The summed E-state index contributed by atoms with van der Waals surface area (Å²) in [5, 5.41) is 0. The van der Waals surface area contributed by atoms with Crippen LogP contribution in [0.2, 0.25) is 0 Å². The molecule has 0 aliphatic carbocycles. The van der Waals surface area contributed by atoms with Crippen LogP contribution in [0.3, 0.4) is 0 Å². The maximum absolute atomic E-state index is 13.7. The number of hydrogen-bond acceptors (Lipinski definition) is 5. The van der Waals surface area contributed by atoms with Crippen molar-refractivity contribution >= 4 is 17.8 Å². The first-order valence-corrected chi connectivity index (χ1v) is 9.92. The lowest BCUT2D eigenvalue weighted by molar-refractivity contribution is -0.126. The second-order valence-electron chi connectivity index (χ2n) is 7.33. The molecule has 9 heteroatoms. The maximum Gasteiger partial charge on any atom is 0.246 e. The van der Waals surface area contributed by atoms with E-state index in [0.29, 0.717) is 26.2 Å². The van der Waals surface area contributed by atoms with Gasteiger partial charge in [-0.3, -0.25) is 9.36 Å². The van der Waals surface area contributed by atoms with E-state index in [2.05, 4.69) is 19.9 Å². The summed E-state index contributed by atoms with van der Waals surface area (Å²) in [5.41, 5.74) is 2.01. The van der Waals surface area contributed by atoms with Crippen molar-refractivity contribution in [1.82, 2.24) is 24.4 Å². The summed E-state index contributed by atoms with van der Waals surface area (Å²) < 4.78 is 28.9. The van der Waals surface area contributed by atoms with Gasteiger partial charge in [0.05, 0.1) is 5.69 Å².